The molecule has 0 N–H and O–H groups in total. The van der Waals surface area contributed by atoms with Gasteiger partial charge in [-0.25, -0.2) is 4.98 Å². The molecule has 0 aliphatic carbocycles. The first-order chi connectivity index (χ1) is 8.83. The lowest BCUT2D eigenvalue weighted by Gasteiger charge is -1.93. The largest absolute Gasteiger partial charge is 0.332 e. The summed E-state index contributed by atoms with van der Waals surface area (Å²) in [6, 6.07) is 14.9. The van der Waals surface area contributed by atoms with Crippen molar-refractivity contribution in [3.05, 3.63) is 53.7 Å². The van der Waals surface area contributed by atoms with Crippen molar-refractivity contribution < 1.29 is 4.52 Å². The minimum atomic E-state index is 0.358. The van der Waals surface area contributed by atoms with Crippen LogP contribution in [0.1, 0.15) is 0 Å². The topological polar surface area (TPSA) is 51.8 Å². The Morgan fingerprint density at radius 1 is 0.889 bits per heavy atom. The van der Waals surface area contributed by atoms with Crippen molar-refractivity contribution in [2.24, 2.45) is 0 Å². The lowest BCUT2D eigenvalue weighted by atomic mass is 10.2. The molecule has 88 valence electrons. The fraction of sp³-hybridized carbons (Fsp3) is 0. The molecule has 0 aliphatic rings. The van der Waals surface area contributed by atoms with Crippen LogP contribution in [-0.2, 0) is 0 Å². The third-order valence-corrected chi connectivity index (χ3v) is 2.60. The van der Waals surface area contributed by atoms with Gasteiger partial charge in [-0.05, 0) is 12.1 Å². The van der Waals surface area contributed by atoms with Crippen molar-refractivity contribution >= 4 is 11.6 Å². The van der Waals surface area contributed by atoms with Crippen molar-refractivity contribution in [2.75, 3.05) is 0 Å². The Balaban J connectivity index is 2.00. The van der Waals surface area contributed by atoms with E-state index in [0.717, 1.165) is 5.56 Å². The molecule has 0 radical (unpaired) electrons. The molecule has 0 atom stereocenters. The zero-order chi connectivity index (χ0) is 12.4. The molecule has 2 aromatic heterocycles. The van der Waals surface area contributed by atoms with E-state index in [2.05, 4.69) is 15.1 Å². The molecule has 2 heterocycles. The van der Waals surface area contributed by atoms with E-state index in [-0.39, 0.29) is 0 Å². The van der Waals surface area contributed by atoms with Gasteiger partial charge in [0, 0.05) is 5.56 Å². The van der Waals surface area contributed by atoms with E-state index >= 15 is 0 Å². The van der Waals surface area contributed by atoms with Crippen LogP contribution in [0.4, 0.5) is 0 Å². The molecule has 18 heavy (non-hydrogen) atoms. The summed E-state index contributed by atoms with van der Waals surface area (Å²) in [6.07, 6.45) is 0. The number of benzene rings is 1. The fourth-order valence-electron chi connectivity index (χ4n) is 1.56. The van der Waals surface area contributed by atoms with Gasteiger partial charge in [0.2, 0.25) is 5.82 Å². The second kappa shape index (κ2) is 4.58. The minimum Gasteiger partial charge on any atom is -0.332 e. The molecule has 1 aromatic carbocycles. The van der Waals surface area contributed by atoms with Crippen molar-refractivity contribution in [3.8, 4) is 23.0 Å². The summed E-state index contributed by atoms with van der Waals surface area (Å²) >= 11 is 5.82. The van der Waals surface area contributed by atoms with Crippen LogP contribution in [0.3, 0.4) is 0 Å². The number of hydrogen-bond acceptors (Lipinski definition) is 4. The standard InChI is InChI=1S/C13H8ClN3O/c14-11-8-4-7-10(15-11)13-16-12(17-18-13)9-5-2-1-3-6-9/h1-8H. The zero-order valence-corrected chi connectivity index (χ0v) is 10.0. The predicted molar refractivity (Wildman–Crippen MR) is 68.0 cm³/mol. The summed E-state index contributed by atoms with van der Waals surface area (Å²) in [5.41, 5.74) is 1.46. The Kier molecular flexibility index (Phi) is 2.78. The van der Waals surface area contributed by atoms with Crippen molar-refractivity contribution in [3.63, 3.8) is 0 Å². The van der Waals surface area contributed by atoms with Crippen LogP contribution >= 0.6 is 11.6 Å². The molecule has 0 saturated heterocycles. The second-order valence-corrected chi connectivity index (χ2v) is 4.02. The smallest absolute Gasteiger partial charge is 0.276 e. The Morgan fingerprint density at radius 3 is 2.50 bits per heavy atom. The Hall–Kier alpha value is -2.20. The number of nitrogens with zero attached hydrogens (tertiary/aromatic N) is 3. The summed E-state index contributed by atoms with van der Waals surface area (Å²) in [7, 11) is 0. The molecule has 4 nitrogen and oxygen atoms in total. The second-order valence-electron chi connectivity index (χ2n) is 3.63. The highest BCUT2D eigenvalue weighted by Crippen LogP contribution is 2.21. The average Bonchev–Trinajstić information content (AvgIpc) is 2.89. The Bertz CT molecular complexity index is 667. The maximum absolute atomic E-state index is 5.82. The minimum absolute atomic E-state index is 0.358. The van der Waals surface area contributed by atoms with Crippen molar-refractivity contribution in [2.45, 2.75) is 0 Å². The van der Waals surface area contributed by atoms with Gasteiger partial charge in [-0.1, -0.05) is 53.2 Å². The van der Waals surface area contributed by atoms with E-state index in [4.69, 9.17) is 16.1 Å². The fourth-order valence-corrected chi connectivity index (χ4v) is 1.72. The van der Waals surface area contributed by atoms with Gasteiger partial charge < -0.3 is 4.52 Å². The van der Waals surface area contributed by atoms with Gasteiger partial charge in [-0.2, -0.15) is 4.98 Å². The van der Waals surface area contributed by atoms with Gasteiger partial charge in [0.25, 0.3) is 5.89 Å². The first-order valence-electron chi connectivity index (χ1n) is 5.35. The Labute approximate surface area is 108 Å². The molecule has 0 bridgehead atoms. The monoisotopic (exact) mass is 257 g/mol. The zero-order valence-electron chi connectivity index (χ0n) is 9.25. The molecule has 5 heteroatoms. The first-order valence-corrected chi connectivity index (χ1v) is 5.73. The van der Waals surface area contributed by atoms with Crippen LogP contribution in [0.2, 0.25) is 5.15 Å². The van der Waals surface area contributed by atoms with Crippen LogP contribution in [-0.4, -0.2) is 15.1 Å². The average molecular weight is 258 g/mol. The molecule has 0 spiro atoms. The van der Waals surface area contributed by atoms with Gasteiger partial charge >= 0.3 is 0 Å². The van der Waals surface area contributed by atoms with Crippen molar-refractivity contribution in [1.82, 2.24) is 15.1 Å². The van der Waals surface area contributed by atoms with E-state index in [9.17, 15) is 0 Å². The number of aromatic nitrogens is 3. The van der Waals surface area contributed by atoms with Gasteiger partial charge in [-0.3, -0.25) is 0 Å². The van der Waals surface area contributed by atoms with E-state index in [1.165, 1.54) is 0 Å². The van der Waals surface area contributed by atoms with E-state index in [1.807, 2.05) is 30.3 Å². The predicted octanol–water partition coefficient (Wildman–Crippen LogP) is 3.45. The lowest BCUT2D eigenvalue weighted by Crippen LogP contribution is -1.84. The molecule has 0 amide bonds. The lowest BCUT2D eigenvalue weighted by molar-refractivity contribution is 0.431. The van der Waals surface area contributed by atoms with Gasteiger partial charge in [0.05, 0.1) is 0 Å². The van der Waals surface area contributed by atoms with Crippen LogP contribution in [0.5, 0.6) is 0 Å². The maximum atomic E-state index is 5.82. The normalized spacial score (nSPS) is 10.5. The third-order valence-electron chi connectivity index (χ3n) is 2.39. The molecule has 3 rings (SSSR count). The summed E-state index contributed by atoms with van der Waals surface area (Å²) in [5.74, 6) is 0.892. The SMILES string of the molecule is Clc1cccc(-c2nc(-c3ccccc3)no2)n1. The van der Waals surface area contributed by atoms with Crippen LogP contribution in [0.25, 0.3) is 23.0 Å². The number of hydrogen-bond donors (Lipinski definition) is 0. The molecule has 3 aromatic rings. The molecule has 0 saturated carbocycles. The van der Waals surface area contributed by atoms with Crippen molar-refractivity contribution in [1.29, 1.82) is 0 Å². The maximum Gasteiger partial charge on any atom is 0.276 e. The van der Waals surface area contributed by atoms with E-state index < -0.39 is 0 Å². The number of rotatable bonds is 2. The molecular weight excluding hydrogens is 250 g/mol. The van der Waals surface area contributed by atoms with E-state index in [0.29, 0.717) is 22.6 Å². The summed E-state index contributed by atoms with van der Waals surface area (Å²) in [5, 5.41) is 4.32. The summed E-state index contributed by atoms with van der Waals surface area (Å²) < 4.78 is 5.18. The van der Waals surface area contributed by atoms with E-state index in [1.54, 1.807) is 18.2 Å². The molecular formula is C13H8ClN3O. The molecule has 0 aliphatic heterocycles. The van der Waals surface area contributed by atoms with Gasteiger partial charge in [0.1, 0.15) is 10.8 Å². The Morgan fingerprint density at radius 2 is 1.72 bits per heavy atom. The van der Waals surface area contributed by atoms with Crippen LogP contribution < -0.4 is 0 Å². The highest BCUT2D eigenvalue weighted by Gasteiger charge is 2.11. The van der Waals surface area contributed by atoms with Crippen LogP contribution in [0, 0.1) is 0 Å². The highest BCUT2D eigenvalue weighted by atomic mass is 35.5. The first kappa shape index (κ1) is 10.9. The quantitative estimate of drug-likeness (QED) is 0.660. The summed E-state index contributed by atoms with van der Waals surface area (Å²) in [4.78, 5) is 8.41. The summed E-state index contributed by atoms with van der Waals surface area (Å²) in [6.45, 7) is 0. The third kappa shape index (κ3) is 2.10. The number of halogens is 1. The van der Waals surface area contributed by atoms with Gasteiger partial charge in [-0.15, -0.1) is 0 Å². The highest BCUT2D eigenvalue weighted by molar-refractivity contribution is 6.29. The van der Waals surface area contributed by atoms with Gasteiger partial charge in [0.15, 0.2) is 0 Å². The molecule has 0 fully saturated rings. The number of pyridine rings is 1. The van der Waals surface area contributed by atoms with Crippen LogP contribution in [0.15, 0.2) is 53.1 Å². The molecule has 0 unspecified atom stereocenters.